The third-order valence-electron chi connectivity index (χ3n) is 4.84. The molecular weight excluding hydrogens is 356 g/mol. The predicted molar refractivity (Wildman–Crippen MR) is 108 cm³/mol. The summed E-state index contributed by atoms with van der Waals surface area (Å²) in [4.78, 5) is 28.6. The third kappa shape index (κ3) is 4.62. The van der Waals surface area contributed by atoms with Crippen LogP contribution in [0.2, 0.25) is 0 Å². The molecule has 0 bridgehead atoms. The number of rotatable bonds is 3. The highest BCUT2D eigenvalue weighted by Crippen LogP contribution is 2.27. The quantitative estimate of drug-likeness (QED) is 0.757. The van der Waals surface area contributed by atoms with Gasteiger partial charge >= 0.3 is 12.1 Å². The van der Waals surface area contributed by atoms with Crippen molar-refractivity contribution in [2.45, 2.75) is 32.4 Å². The van der Waals surface area contributed by atoms with E-state index in [0.717, 1.165) is 16.3 Å². The van der Waals surface area contributed by atoms with Crippen LogP contribution in [-0.4, -0.2) is 60.8 Å². The molecule has 2 aromatic rings. The van der Waals surface area contributed by atoms with Crippen molar-refractivity contribution in [1.29, 1.82) is 0 Å². The van der Waals surface area contributed by atoms with E-state index in [2.05, 4.69) is 4.90 Å². The van der Waals surface area contributed by atoms with Gasteiger partial charge in [-0.15, -0.1) is 0 Å². The lowest BCUT2D eigenvalue weighted by atomic mass is 10.00. The molecule has 150 valence electrons. The van der Waals surface area contributed by atoms with Crippen LogP contribution in [0.4, 0.5) is 4.79 Å². The molecule has 1 saturated heterocycles. The second-order valence-corrected chi connectivity index (χ2v) is 8.04. The first-order valence-corrected chi connectivity index (χ1v) is 9.57. The van der Waals surface area contributed by atoms with Crippen LogP contribution >= 0.6 is 0 Å². The number of amides is 1. The SMILES string of the molecule is COC(=O)C(c1ccc2ccccc2c1)N1CCN(C(=O)OC(C)(C)C)CC1. The Bertz CT molecular complexity index is 851. The minimum Gasteiger partial charge on any atom is -0.468 e. The van der Waals surface area contributed by atoms with E-state index in [1.54, 1.807) is 4.90 Å². The van der Waals surface area contributed by atoms with Crippen molar-refractivity contribution in [3.8, 4) is 0 Å². The van der Waals surface area contributed by atoms with Crippen molar-refractivity contribution in [3.63, 3.8) is 0 Å². The number of carbonyl (C=O) groups excluding carboxylic acids is 2. The van der Waals surface area contributed by atoms with Crippen molar-refractivity contribution in [2.75, 3.05) is 33.3 Å². The van der Waals surface area contributed by atoms with Gasteiger partial charge in [0.05, 0.1) is 7.11 Å². The number of esters is 1. The molecule has 1 unspecified atom stereocenters. The van der Waals surface area contributed by atoms with Crippen molar-refractivity contribution in [3.05, 3.63) is 48.0 Å². The lowest BCUT2D eigenvalue weighted by Gasteiger charge is -2.38. The summed E-state index contributed by atoms with van der Waals surface area (Å²) >= 11 is 0. The van der Waals surface area contributed by atoms with Gasteiger partial charge in [0.2, 0.25) is 0 Å². The number of nitrogens with zero attached hydrogens (tertiary/aromatic N) is 2. The van der Waals surface area contributed by atoms with Crippen LogP contribution < -0.4 is 0 Å². The van der Waals surface area contributed by atoms with Gasteiger partial charge in [0.25, 0.3) is 0 Å². The number of benzene rings is 2. The number of piperazine rings is 1. The number of fused-ring (bicyclic) bond motifs is 1. The minimum atomic E-state index is -0.520. The van der Waals surface area contributed by atoms with E-state index in [1.807, 2.05) is 63.2 Å². The molecule has 0 radical (unpaired) electrons. The monoisotopic (exact) mass is 384 g/mol. The molecule has 1 amide bonds. The molecule has 28 heavy (non-hydrogen) atoms. The average Bonchev–Trinajstić information content (AvgIpc) is 2.67. The van der Waals surface area contributed by atoms with E-state index in [9.17, 15) is 9.59 Å². The highest BCUT2D eigenvalue weighted by molar-refractivity contribution is 5.85. The van der Waals surface area contributed by atoms with Gasteiger partial charge in [-0.3, -0.25) is 4.90 Å². The number of hydrogen-bond donors (Lipinski definition) is 0. The zero-order chi connectivity index (χ0) is 20.3. The smallest absolute Gasteiger partial charge is 0.410 e. The lowest BCUT2D eigenvalue weighted by molar-refractivity contribution is -0.148. The molecule has 2 aromatic carbocycles. The fourth-order valence-corrected chi connectivity index (χ4v) is 3.47. The van der Waals surface area contributed by atoms with E-state index >= 15 is 0 Å². The molecule has 1 atom stereocenters. The maximum Gasteiger partial charge on any atom is 0.410 e. The van der Waals surface area contributed by atoms with Gasteiger partial charge < -0.3 is 14.4 Å². The normalized spacial score (nSPS) is 16.6. The molecule has 0 spiro atoms. The van der Waals surface area contributed by atoms with E-state index in [4.69, 9.17) is 9.47 Å². The maximum atomic E-state index is 12.6. The van der Waals surface area contributed by atoms with Gasteiger partial charge in [-0.05, 0) is 43.2 Å². The predicted octanol–water partition coefficient (Wildman–Crippen LogP) is 3.61. The molecule has 1 heterocycles. The Morgan fingerprint density at radius 2 is 1.61 bits per heavy atom. The summed E-state index contributed by atoms with van der Waals surface area (Å²) in [6.45, 7) is 7.74. The summed E-state index contributed by atoms with van der Waals surface area (Å²) in [6, 6.07) is 13.6. The number of hydrogen-bond acceptors (Lipinski definition) is 5. The first kappa shape index (κ1) is 20.1. The molecule has 0 saturated carbocycles. The standard InChI is InChI=1S/C22H28N2O4/c1-22(2,3)28-21(26)24-13-11-23(12-14-24)19(20(25)27-4)18-10-9-16-7-5-6-8-17(16)15-18/h5-10,15,19H,11-14H2,1-4H3. The van der Waals surface area contributed by atoms with Crippen molar-refractivity contribution >= 4 is 22.8 Å². The van der Waals surface area contributed by atoms with Crippen LogP contribution in [-0.2, 0) is 14.3 Å². The van der Waals surface area contributed by atoms with Crippen LogP contribution in [0.3, 0.4) is 0 Å². The molecule has 6 nitrogen and oxygen atoms in total. The molecular formula is C22H28N2O4. The van der Waals surface area contributed by atoms with Gasteiger partial charge in [-0.25, -0.2) is 9.59 Å². The molecule has 0 aliphatic carbocycles. The van der Waals surface area contributed by atoms with Crippen molar-refractivity contribution in [2.24, 2.45) is 0 Å². The van der Waals surface area contributed by atoms with Gasteiger partial charge in [-0.1, -0.05) is 36.4 Å². The summed E-state index contributed by atoms with van der Waals surface area (Å²) in [6.07, 6.45) is -0.313. The lowest BCUT2D eigenvalue weighted by Crippen LogP contribution is -2.52. The Morgan fingerprint density at radius 3 is 2.21 bits per heavy atom. The highest BCUT2D eigenvalue weighted by Gasteiger charge is 2.33. The summed E-state index contributed by atoms with van der Waals surface area (Å²) in [5.41, 5.74) is 0.379. The summed E-state index contributed by atoms with van der Waals surface area (Å²) in [7, 11) is 1.41. The fourth-order valence-electron chi connectivity index (χ4n) is 3.47. The zero-order valence-electron chi connectivity index (χ0n) is 17.0. The molecule has 0 aromatic heterocycles. The fraction of sp³-hybridized carbons (Fsp3) is 0.455. The van der Waals surface area contributed by atoms with E-state index in [0.29, 0.717) is 26.2 Å². The molecule has 6 heteroatoms. The van der Waals surface area contributed by atoms with E-state index in [-0.39, 0.29) is 12.1 Å². The molecule has 1 aliphatic heterocycles. The average molecular weight is 384 g/mol. The zero-order valence-corrected chi connectivity index (χ0v) is 17.0. The van der Waals surface area contributed by atoms with Crippen LogP contribution in [0.5, 0.6) is 0 Å². The van der Waals surface area contributed by atoms with Crippen LogP contribution in [0.25, 0.3) is 10.8 Å². The first-order chi connectivity index (χ1) is 13.3. The Morgan fingerprint density at radius 1 is 0.964 bits per heavy atom. The minimum absolute atomic E-state index is 0.291. The van der Waals surface area contributed by atoms with Crippen LogP contribution in [0.1, 0.15) is 32.4 Å². The van der Waals surface area contributed by atoms with Crippen molar-refractivity contribution in [1.82, 2.24) is 9.80 Å². The topological polar surface area (TPSA) is 59.1 Å². The molecule has 1 fully saturated rings. The molecule has 0 N–H and O–H groups in total. The van der Waals surface area contributed by atoms with Crippen molar-refractivity contribution < 1.29 is 19.1 Å². The molecule has 1 aliphatic rings. The summed E-state index contributed by atoms with van der Waals surface area (Å²) < 4.78 is 10.5. The number of ether oxygens (including phenoxy) is 2. The third-order valence-corrected chi connectivity index (χ3v) is 4.84. The van der Waals surface area contributed by atoms with Gasteiger partial charge in [0, 0.05) is 26.2 Å². The first-order valence-electron chi connectivity index (χ1n) is 9.57. The van der Waals surface area contributed by atoms with Gasteiger partial charge in [0.1, 0.15) is 11.6 Å². The highest BCUT2D eigenvalue weighted by atomic mass is 16.6. The number of carbonyl (C=O) groups is 2. The molecule has 3 rings (SSSR count). The Labute approximate surface area is 166 Å². The summed E-state index contributed by atoms with van der Waals surface area (Å²) in [5.74, 6) is -0.291. The number of methoxy groups -OCH3 is 1. The van der Waals surface area contributed by atoms with Gasteiger partial charge in [-0.2, -0.15) is 0 Å². The Kier molecular flexibility index (Phi) is 5.89. The largest absolute Gasteiger partial charge is 0.468 e. The summed E-state index contributed by atoms with van der Waals surface area (Å²) in [5, 5.41) is 2.21. The van der Waals surface area contributed by atoms with E-state index in [1.165, 1.54) is 7.11 Å². The van der Waals surface area contributed by atoms with E-state index < -0.39 is 11.6 Å². The second-order valence-electron chi connectivity index (χ2n) is 8.04. The Hall–Kier alpha value is -2.60. The Balaban J connectivity index is 1.76. The maximum absolute atomic E-state index is 12.6. The van der Waals surface area contributed by atoms with Crippen LogP contribution in [0.15, 0.2) is 42.5 Å². The second kappa shape index (κ2) is 8.19. The van der Waals surface area contributed by atoms with Gasteiger partial charge in [0.15, 0.2) is 0 Å². The van der Waals surface area contributed by atoms with Crippen LogP contribution in [0, 0.1) is 0 Å².